The zero-order valence-corrected chi connectivity index (χ0v) is 21.6. The van der Waals surface area contributed by atoms with E-state index in [0.29, 0.717) is 6.61 Å². The van der Waals surface area contributed by atoms with Gasteiger partial charge in [-0.1, -0.05) is 36.4 Å². The normalized spacial score (nSPS) is 10.6. The molecule has 1 aliphatic heterocycles. The van der Waals surface area contributed by atoms with E-state index in [4.69, 9.17) is 10.00 Å². The molecule has 5 rings (SSSR count). The Labute approximate surface area is 213 Å². The molecular formula is C27H25N5OOs. The van der Waals surface area contributed by atoms with E-state index in [9.17, 15) is 0 Å². The molecule has 0 fully saturated rings. The molecule has 4 heterocycles. The number of nitriles is 1. The molecule has 3 aromatic heterocycles. The number of hydrogen-bond acceptors (Lipinski definition) is 6. The summed E-state index contributed by atoms with van der Waals surface area (Å²) < 4.78 is 5.38. The minimum absolute atomic E-state index is 0. The smallest absolute Gasteiger partial charge is 0.216 e. The minimum atomic E-state index is 0. The topological polar surface area (TPSA) is 84.0 Å². The average Bonchev–Trinajstić information content (AvgIpc) is 3.29. The zero-order chi connectivity index (χ0) is 23.3. The number of nitrogens with zero attached hydrogens (tertiary/aromatic N) is 5. The number of ether oxygens (including phenoxy) is 1. The van der Waals surface area contributed by atoms with E-state index in [1.165, 1.54) is 12.5 Å². The molecule has 0 aliphatic carbocycles. The number of aromatic nitrogens is 3. The van der Waals surface area contributed by atoms with E-state index in [-0.39, 0.29) is 19.8 Å². The average molecular weight is 626 g/mol. The van der Waals surface area contributed by atoms with Crippen molar-refractivity contribution in [2.24, 2.45) is 4.99 Å². The summed E-state index contributed by atoms with van der Waals surface area (Å²) in [4.78, 5) is 17.5. The third-order valence-corrected chi connectivity index (χ3v) is 4.53. The Morgan fingerprint density at radius 1 is 0.794 bits per heavy atom. The van der Waals surface area contributed by atoms with Gasteiger partial charge in [-0.2, -0.15) is 5.26 Å². The molecule has 0 bridgehead atoms. The molecule has 6 nitrogen and oxygen atoms in total. The van der Waals surface area contributed by atoms with Crippen LogP contribution in [0.15, 0.2) is 96.2 Å². The molecule has 0 saturated carbocycles. The SMILES string of the molecule is CC#N.CCOC1=NCc2ccccc21.[Os].c1ccc(-c2cccc(-c3ccccn3)n2)nc1. The van der Waals surface area contributed by atoms with Gasteiger partial charge in [0.2, 0.25) is 5.90 Å². The maximum absolute atomic E-state index is 7.32. The quantitative estimate of drug-likeness (QED) is 0.291. The maximum Gasteiger partial charge on any atom is 0.216 e. The van der Waals surface area contributed by atoms with Gasteiger partial charge < -0.3 is 4.74 Å². The van der Waals surface area contributed by atoms with Crippen LogP contribution in [0.3, 0.4) is 0 Å². The first-order chi connectivity index (χ1) is 16.3. The number of pyridine rings is 3. The van der Waals surface area contributed by atoms with Crippen LogP contribution < -0.4 is 0 Å². The molecular weight excluding hydrogens is 601 g/mol. The van der Waals surface area contributed by atoms with E-state index < -0.39 is 0 Å². The van der Waals surface area contributed by atoms with Gasteiger partial charge in [-0.05, 0) is 55.0 Å². The predicted octanol–water partition coefficient (Wildman–Crippen LogP) is 5.72. The van der Waals surface area contributed by atoms with Crippen LogP contribution in [0.1, 0.15) is 25.0 Å². The second-order valence-electron chi connectivity index (χ2n) is 6.77. The molecule has 0 N–H and O–H groups in total. The summed E-state index contributed by atoms with van der Waals surface area (Å²) in [7, 11) is 0. The van der Waals surface area contributed by atoms with Crippen molar-refractivity contribution in [1.82, 2.24) is 15.0 Å². The molecule has 0 atom stereocenters. The van der Waals surface area contributed by atoms with Crippen LogP contribution in [0, 0.1) is 11.3 Å². The van der Waals surface area contributed by atoms with Crippen molar-refractivity contribution in [3.8, 4) is 28.8 Å². The van der Waals surface area contributed by atoms with Crippen LogP contribution >= 0.6 is 0 Å². The van der Waals surface area contributed by atoms with Crippen LogP contribution in [0.5, 0.6) is 0 Å². The molecule has 0 unspecified atom stereocenters. The molecule has 0 saturated heterocycles. The van der Waals surface area contributed by atoms with Crippen LogP contribution in [0.2, 0.25) is 0 Å². The number of fused-ring (bicyclic) bond motifs is 1. The van der Waals surface area contributed by atoms with Crippen LogP contribution in [0.4, 0.5) is 0 Å². The minimum Gasteiger partial charge on any atom is -0.478 e. The Morgan fingerprint density at radius 3 is 1.85 bits per heavy atom. The first-order valence-corrected chi connectivity index (χ1v) is 10.6. The third-order valence-electron chi connectivity index (χ3n) is 4.53. The maximum atomic E-state index is 7.32. The second-order valence-corrected chi connectivity index (χ2v) is 6.77. The second kappa shape index (κ2) is 14.4. The number of hydrogen-bond donors (Lipinski definition) is 0. The molecule has 0 amide bonds. The molecule has 1 aliphatic rings. The first-order valence-electron chi connectivity index (χ1n) is 10.6. The van der Waals surface area contributed by atoms with Crippen molar-refractivity contribution in [1.29, 1.82) is 5.26 Å². The summed E-state index contributed by atoms with van der Waals surface area (Å²) >= 11 is 0. The van der Waals surface area contributed by atoms with Crippen molar-refractivity contribution in [2.45, 2.75) is 20.4 Å². The molecule has 0 radical (unpaired) electrons. The molecule has 34 heavy (non-hydrogen) atoms. The van der Waals surface area contributed by atoms with Crippen LogP contribution in [-0.4, -0.2) is 27.5 Å². The van der Waals surface area contributed by atoms with Crippen LogP contribution in [-0.2, 0) is 31.1 Å². The van der Waals surface area contributed by atoms with Crippen LogP contribution in [0.25, 0.3) is 22.8 Å². The van der Waals surface area contributed by atoms with E-state index in [0.717, 1.165) is 40.8 Å². The van der Waals surface area contributed by atoms with Gasteiger partial charge in [-0.15, -0.1) is 0 Å². The molecule has 172 valence electrons. The molecule has 1 aromatic carbocycles. The first kappa shape index (κ1) is 26.5. The summed E-state index contributed by atoms with van der Waals surface area (Å²) in [6.45, 7) is 4.86. The Morgan fingerprint density at radius 2 is 1.32 bits per heavy atom. The number of rotatable bonds is 3. The Kier molecular flexibility index (Phi) is 11.2. The molecule has 0 spiro atoms. The van der Waals surface area contributed by atoms with Crippen molar-refractivity contribution >= 4 is 5.90 Å². The predicted molar refractivity (Wildman–Crippen MR) is 130 cm³/mol. The van der Waals surface area contributed by atoms with Gasteiger partial charge in [0.1, 0.15) is 0 Å². The fourth-order valence-electron chi connectivity index (χ4n) is 3.12. The standard InChI is InChI=1S/C15H11N3.C10H11NO.C2H3N.Os/c1-3-10-16-12(6-1)14-8-5-9-15(18-14)13-7-2-4-11-17-13;1-2-12-10-9-6-4-3-5-8(9)7-11-10;1-2-3;/h1-11H;3-6H,2,7H2,1H3;1H3;. The van der Waals surface area contributed by atoms with Crippen molar-refractivity contribution in [3.05, 3.63) is 102 Å². The van der Waals surface area contributed by atoms with Gasteiger partial charge in [0.25, 0.3) is 0 Å². The summed E-state index contributed by atoms with van der Waals surface area (Å²) in [5.41, 5.74) is 5.88. The van der Waals surface area contributed by atoms with Crippen molar-refractivity contribution in [3.63, 3.8) is 0 Å². The fraction of sp³-hybridized carbons (Fsp3) is 0.148. The van der Waals surface area contributed by atoms with Gasteiger partial charge in [0, 0.05) is 44.7 Å². The fourth-order valence-corrected chi connectivity index (χ4v) is 3.12. The summed E-state index contributed by atoms with van der Waals surface area (Å²) in [6.07, 6.45) is 3.54. The third kappa shape index (κ3) is 7.41. The van der Waals surface area contributed by atoms with E-state index in [1.54, 1.807) is 18.5 Å². The number of benzene rings is 1. The largest absolute Gasteiger partial charge is 0.478 e. The van der Waals surface area contributed by atoms with Gasteiger partial charge >= 0.3 is 0 Å². The molecule has 4 aromatic rings. The van der Waals surface area contributed by atoms with Crippen molar-refractivity contribution in [2.75, 3.05) is 6.61 Å². The van der Waals surface area contributed by atoms with Gasteiger partial charge in [-0.25, -0.2) is 9.98 Å². The zero-order valence-electron chi connectivity index (χ0n) is 19.1. The summed E-state index contributed by atoms with van der Waals surface area (Å²) in [5, 5.41) is 7.32. The number of aliphatic imine (C=N–C) groups is 1. The Balaban J connectivity index is 0.000000222. The van der Waals surface area contributed by atoms with E-state index in [1.807, 2.05) is 73.7 Å². The summed E-state index contributed by atoms with van der Waals surface area (Å²) in [6, 6.07) is 27.4. The summed E-state index contributed by atoms with van der Waals surface area (Å²) in [5.74, 6) is 0.799. The Bertz CT molecular complexity index is 1170. The molecule has 7 heteroatoms. The Hall–Kier alpha value is -3.73. The van der Waals surface area contributed by atoms with Gasteiger partial charge in [-0.3, -0.25) is 9.97 Å². The van der Waals surface area contributed by atoms with Gasteiger partial charge in [0.15, 0.2) is 0 Å². The van der Waals surface area contributed by atoms with E-state index >= 15 is 0 Å². The van der Waals surface area contributed by atoms with Gasteiger partial charge in [0.05, 0.1) is 42.0 Å². The monoisotopic (exact) mass is 627 g/mol. The van der Waals surface area contributed by atoms with Crippen molar-refractivity contribution < 1.29 is 24.5 Å². The van der Waals surface area contributed by atoms with E-state index in [2.05, 4.69) is 32.1 Å².